The van der Waals surface area contributed by atoms with Crippen LogP contribution in [-0.2, 0) is 4.79 Å². The first kappa shape index (κ1) is 23.5. The van der Waals surface area contributed by atoms with E-state index in [1.807, 2.05) is 12.1 Å². The van der Waals surface area contributed by atoms with Crippen LogP contribution in [0.2, 0.25) is 5.02 Å². The Kier molecular flexibility index (Phi) is 6.74. The van der Waals surface area contributed by atoms with Gasteiger partial charge in [-0.15, -0.1) is 0 Å². The molecule has 2 unspecified atom stereocenters. The Bertz CT molecular complexity index is 1240. The molecule has 9 heteroatoms. The third kappa shape index (κ3) is 5.04. The number of carboxylic acid groups (broad SMARTS) is 1. The Morgan fingerprint density at radius 3 is 2.59 bits per heavy atom. The van der Waals surface area contributed by atoms with Crippen LogP contribution < -0.4 is 4.74 Å². The maximum atomic E-state index is 11.2. The molecular weight excluding hydrogens is 497 g/mol. The number of nitrogens with one attached hydrogen (secondary N) is 1. The second-order valence-electron chi connectivity index (χ2n) is 9.06. The van der Waals surface area contributed by atoms with E-state index < -0.39 is 5.97 Å². The van der Waals surface area contributed by atoms with Gasteiger partial charge >= 0.3 is 5.97 Å². The van der Waals surface area contributed by atoms with Crippen LogP contribution in [0.5, 0.6) is 6.01 Å². The van der Waals surface area contributed by atoms with Crippen molar-refractivity contribution in [2.75, 3.05) is 0 Å². The Balaban J connectivity index is 1.27. The second kappa shape index (κ2) is 9.76. The van der Waals surface area contributed by atoms with Gasteiger partial charge in [0, 0.05) is 21.9 Å². The third-order valence-electron chi connectivity index (χ3n) is 6.71. The highest BCUT2D eigenvalue weighted by Gasteiger charge is 2.28. The number of nitrogens with zero attached hydrogens (tertiary/aromatic N) is 2. The number of ether oxygens (including phenoxy) is 1. The normalized spacial score (nSPS) is 27.2. The fraction of sp³-hybridized carbons (Fsp3) is 0.400. The minimum absolute atomic E-state index is 0.0436. The van der Waals surface area contributed by atoms with E-state index >= 15 is 0 Å². The summed E-state index contributed by atoms with van der Waals surface area (Å²) in [6.45, 7) is 0. The van der Waals surface area contributed by atoms with Crippen molar-refractivity contribution in [3.05, 3.63) is 62.8 Å². The zero-order valence-electron chi connectivity index (χ0n) is 18.3. The van der Waals surface area contributed by atoms with Crippen molar-refractivity contribution in [2.45, 2.75) is 50.5 Å². The highest BCUT2D eigenvalue weighted by atomic mass is 35.5. The van der Waals surface area contributed by atoms with E-state index in [0.29, 0.717) is 52.9 Å². The van der Waals surface area contributed by atoms with Crippen LogP contribution in [0.4, 0.5) is 0 Å². The average molecular weight is 521 g/mol. The second-order valence-corrected chi connectivity index (χ2v) is 10.4. The van der Waals surface area contributed by atoms with Crippen molar-refractivity contribution >= 4 is 51.9 Å². The van der Waals surface area contributed by atoms with E-state index in [1.54, 1.807) is 6.08 Å². The van der Waals surface area contributed by atoms with Crippen molar-refractivity contribution in [1.29, 1.82) is 0 Å². The van der Waals surface area contributed by atoms with E-state index in [1.165, 1.54) is 5.57 Å². The number of aromatic amines is 1. The lowest BCUT2D eigenvalue weighted by Gasteiger charge is -2.25. The number of hydrogen-bond donors (Lipinski definition) is 2. The van der Waals surface area contributed by atoms with Gasteiger partial charge < -0.3 is 14.8 Å². The number of imidazole rings is 1. The van der Waals surface area contributed by atoms with Gasteiger partial charge in [-0.1, -0.05) is 59.1 Å². The van der Waals surface area contributed by atoms with Gasteiger partial charge in [0.05, 0.1) is 22.2 Å². The summed E-state index contributed by atoms with van der Waals surface area (Å²) >= 11 is 19.0. The smallest absolute Gasteiger partial charge is 0.306 e. The lowest BCUT2D eigenvalue weighted by atomic mass is 9.85. The number of rotatable bonds is 5. The van der Waals surface area contributed by atoms with Crippen LogP contribution in [0.15, 0.2) is 52.1 Å². The van der Waals surface area contributed by atoms with Crippen molar-refractivity contribution in [3.63, 3.8) is 0 Å². The number of pyridine rings is 1. The zero-order chi connectivity index (χ0) is 23.8. The molecule has 0 saturated heterocycles. The molecule has 2 heterocycles. The molecule has 0 spiro atoms. The molecule has 178 valence electrons. The van der Waals surface area contributed by atoms with E-state index in [-0.39, 0.29) is 23.9 Å². The van der Waals surface area contributed by atoms with Gasteiger partial charge in [-0.05, 0) is 56.2 Å². The first-order valence-corrected chi connectivity index (χ1v) is 12.6. The molecule has 0 amide bonds. The van der Waals surface area contributed by atoms with Gasteiger partial charge in [0.2, 0.25) is 0 Å². The molecule has 2 atom stereocenters. The molecule has 2 N–H and O–H groups in total. The molecule has 34 heavy (non-hydrogen) atoms. The minimum Gasteiger partial charge on any atom is -0.481 e. The SMILES string of the molecule is O=C(O)C1CCC(Oc2nc3nc(C4C=CC(C5C=C(Cl)C=C(Cl)C5)=CC4)c(Cl)cc3[nH]2)CC1. The van der Waals surface area contributed by atoms with Crippen molar-refractivity contribution in [1.82, 2.24) is 15.0 Å². The van der Waals surface area contributed by atoms with E-state index in [9.17, 15) is 4.79 Å². The number of allylic oxidation sites excluding steroid dienone is 8. The Hall–Kier alpha value is -2.28. The van der Waals surface area contributed by atoms with Crippen LogP contribution in [0.25, 0.3) is 11.2 Å². The summed E-state index contributed by atoms with van der Waals surface area (Å²) < 4.78 is 5.99. The van der Waals surface area contributed by atoms with Crippen LogP contribution in [0, 0.1) is 11.8 Å². The van der Waals surface area contributed by atoms with Crippen LogP contribution in [0.3, 0.4) is 0 Å². The Labute approximate surface area is 212 Å². The first-order valence-electron chi connectivity index (χ1n) is 11.4. The molecule has 2 aromatic rings. The van der Waals surface area contributed by atoms with E-state index in [4.69, 9.17) is 49.6 Å². The fourth-order valence-electron chi connectivity index (χ4n) is 4.86. The van der Waals surface area contributed by atoms with Gasteiger partial charge in [0.15, 0.2) is 5.65 Å². The predicted molar refractivity (Wildman–Crippen MR) is 133 cm³/mol. The van der Waals surface area contributed by atoms with Crippen LogP contribution in [-0.4, -0.2) is 32.1 Å². The number of halogens is 3. The Morgan fingerprint density at radius 1 is 1.12 bits per heavy atom. The summed E-state index contributed by atoms with van der Waals surface area (Å²) in [5, 5.41) is 11.2. The summed E-state index contributed by atoms with van der Waals surface area (Å²) in [5.41, 5.74) is 3.22. The van der Waals surface area contributed by atoms with Gasteiger partial charge in [0.25, 0.3) is 6.01 Å². The highest BCUT2D eigenvalue weighted by Crippen LogP contribution is 2.38. The first-order chi connectivity index (χ1) is 16.4. The molecule has 0 bridgehead atoms. The van der Waals surface area contributed by atoms with Gasteiger partial charge in [-0.2, -0.15) is 4.98 Å². The summed E-state index contributed by atoms with van der Waals surface area (Å²) in [5.74, 6) is -0.796. The summed E-state index contributed by atoms with van der Waals surface area (Å²) in [6.07, 6.45) is 14.3. The summed E-state index contributed by atoms with van der Waals surface area (Å²) in [7, 11) is 0. The molecule has 5 rings (SSSR count). The fourth-order valence-corrected chi connectivity index (χ4v) is 5.77. The number of carboxylic acids is 1. The van der Waals surface area contributed by atoms with Crippen molar-refractivity contribution in [3.8, 4) is 6.01 Å². The lowest BCUT2D eigenvalue weighted by molar-refractivity contribution is -0.143. The van der Waals surface area contributed by atoms with Crippen molar-refractivity contribution in [2.24, 2.45) is 11.8 Å². The molecule has 0 radical (unpaired) electrons. The monoisotopic (exact) mass is 519 g/mol. The number of aliphatic carboxylic acids is 1. The molecule has 2 aromatic heterocycles. The topological polar surface area (TPSA) is 88.1 Å². The van der Waals surface area contributed by atoms with Crippen molar-refractivity contribution < 1.29 is 14.6 Å². The quantitative estimate of drug-likeness (QED) is 0.449. The third-order valence-corrected chi connectivity index (χ3v) is 7.51. The molecule has 0 aliphatic heterocycles. The molecule has 3 aliphatic carbocycles. The zero-order valence-corrected chi connectivity index (χ0v) is 20.6. The largest absolute Gasteiger partial charge is 0.481 e. The molecule has 6 nitrogen and oxygen atoms in total. The number of aromatic nitrogens is 3. The van der Waals surface area contributed by atoms with Gasteiger partial charge in [-0.3, -0.25) is 4.79 Å². The van der Waals surface area contributed by atoms with E-state index in [2.05, 4.69) is 28.2 Å². The number of H-pyrrole nitrogens is 1. The number of carbonyl (C=O) groups is 1. The molecular formula is C25H24Cl3N3O3. The molecule has 3 aliphatic rings. The number of hydrogen-bond acceptors (Lipinski definition) is 4. The maximum absolute atomic E-state index is 11.2. The summed E-state index contributed by atoms with van der Waals surface area (Å²) in [4.78, 5) is 23.5. The van der Waals surface area contributed by atoms with Gasteiger partial charge in [0.1, 0.15) is 6.10 Å². The van der Waals surface area contributed by atoms with Crippen LogP contribution >= 0.6 is 34.8 Å². The maximum Gasteiger partial charge on any atom is 0.306 e. The summed E-state index contributed by atoms with van der Waals surface area (Å²) in [6, 6.07) is 2.23. The minimum atomic E-state index is -0.730. The molecule has 1 saturated carbocycles. The molecule has 1 fully saturated rings. The van der Waals surface area contributed by atoms with E-state index in [0.717, 1.165) is 23.6 Å². The van der Waals surface area contributed by atoms with Gasteiger partial charge in [-0.25, -0.2) is 4.98 Å². The molecule has 0 aromatic carbocycles. The average Bonchev–Trinajstić information content (AvgIpc) is 3.19. The predicted octanol–water partition coefficient (Wildman–Crippen LogP) is 6.87. The standard InChI is InChI=1S/C25H24Cl3N3O3/c26-17-9-16(10-18(27)11-17)13-1-3-14(4-2-13)22-20(28)12-21-23(30-22)31-25(29-21)34-19-7-5-15(6-8-19)24(32)33/h1-3,9,11-12,14-16,19H,4-8,10H2,(H,32,33)(H,29,30,31). The Morgan fingerprint density at radius 2 is 1.91 bits per heavy atom. The number of fused-ring (bicyclic) bond motifs is 1. The van der Waals surface area contributed by atoms with Crippen LogP contribution in [0.1, 0.15) is 50.1 Å². The highest BCUT2D eigenvalue weighted by molar-refractivity contribution is 6.35. The lowest BCUT2D eigenvalue weighted by Crippen LogP contribution is -2.28.